The maximum absolute atomic E-state index is 13.5. The van der Waals surface area contributed by atoms with Crippen molar-refractivity contribution in [3.8, 4) is 11.8 Å². The molecule has 0 bridgehead atoms. The first-order valence-electron chi connectivity index (χ1n) is 5.21. The van der Waals surface area contributed by atoms with Crippen LogP contribution in [0.15, 0.2) is 18.2 Å². The maximum Gasteiger partial charge on any atom is 0.174 e. The lowest BCUT2D eigenvalue weighted by molar-refractivity contribution is 0.345. The Morgan fingerprint density at radius 2 is 2.31 bits per heavy atom. The number of benzene rings is 1. The Kier molecular flexibility index (Phi) is 4.74. The topological polar surface area (TPSA) is 45.0 Å². The molecule has 1 N–H and O–H groups in total. The van der Waals surface area contributed by atoms with Gasteiger partial charge < -0.3 is 10.1 Å². The Labute approximate surface area is 94.8 Å². The summed E-state index contributed by atoms with van der Waals surface area (Å²) in [5.41, 5.74) is 0.864. The Bertz CT molecular complexity index is 387. The van der Waals surface area contributed by atoms with Crippen molar-refractivity contribution in [2.45, 2.75) is 19.9 Å². The van der Waals surface area contributed by atoms with Crippen LogP contribution in [0.5, 0.6) is 5.75 Å². The van der Waals surface area contributed by atoms with Gasteiger partial charge in [0.15, 0.2) is 18.2 Å². The first kappa shape index (κ1) is 12.5. The van der Waals surface area contributed by atoms with Gasteiger partial charge in [0.25, 0.3) is 0 Å². The maximum atomic E-state index is 13.5. The first-order valence-corrected chi connectivity index (χ1v) is 5.21. The minimum atomic E-state index is -0.433. The van der Waals surface area contributed by atoms with Gasteiger partial charge in [0, 0.05) is 6.04 Å². The SMILES string of the molecule is CCNC(C)c1ccc(OCC#N)c(F)c1. The zero-order valence-electron chi connectivity index (χ0n) is 9.46. The lowest BCUT2D eigenvalue weighted by Crippen LogP contribution is -2.17. The molecule has 4 heteroatoms. The van der Waals surface area contributed by atoms with Gasteiger partial charge in [-0.05, 0) is 31.2 Å². The van der Waals surface area contributed by atoms with Crippen LogP contribution in [0.1, 0.15) is 25.5 Å². The van der Waals surface area contributed by atoms with E-state index in [0.29, 0.717) is 0 Å². The molecule has 0 aliphatic rings. The fourth-order valence-corrected chi connectivity index (χ4v) is 1.44. The Morgan fingerprint density at radius 3 is 2.88 bits per heavy atom. The molecule has 86 valence electrons. The molecule has 1 atom stereocenters. The number of hydrogen-bond acceptors (Lipinski definition) is 3. The van der Waals surface area contributed by atoms with Crippen molar-refractivity contribution in [1.82, 2.24) is 5.32 Å². The van der Waals surface area contributed by atoms with Gasteiger partial charge in [0.2, 0.25) is 0 Å². The second-order valence-electron chi connectivity index (χ2n) is 3.42. The quantitative estimate of drug-likeness (QED) is 0.832. The van der Waals surface area contributed by atoms with Crippen LogP contribution in [0.3, 0.4) is 0 Å². The van der Waals surface area contributed by atoms with E-state index in [-0.39, 0.29) is 18.4 Å². The highest BCUT2D eigenvalue weighted by Crippen LogP contribution is 2.21. The Hall–Kier alpha value is -1.60. The van der Waals surface area contributed by atoms with Gasteiger partial charge in [-0.15, -0.1) is 0 Å². The van der Waals surface area contributed by atoms with E-state index >= 15 is 0 Å². The third kappa shape index (κ3) is 3.21. The summed E-state index contributed by atoms with van der Waals surface area (Å²) in [6.07, 6.45) is 0. The third-order valence-electron chi connectivity index (χ3n) is 2.26. The predicted molar refractivity (Wildman–Crippen MR) is 59.6 cm³/mol. The fraction of sp³-hybridized carbons (Fsp3) is 0.417. The summed E-state index contributed by atoms with van der Waals surface area (Å²) in [5.74, 6) is -0.313. The second kappa shape index (κ2) is 6.09. The Balaban J connectivity index is 2.78. The van der Waals surface area contributed by atoms with E-state index in [0.717, 1.165) is 12.1 Å². The first-order chi connectivity index (χ1) is 7.69. The van der Waals surface area contributed by atoms with Crippen molar-refractivity contribution in [1.29, 1.82) is 5.26 Å². The fourth-order valence-electron chi connectivity index (χ4n) is 1.44. The zero-order valence-corrected chi connectivity index (χ0v) is 9.46. The lowest BCUT2D eigenvalue weighted by atomic mass is 10.1. The summed E-state index contributed by atoms with van der Waals surface area (Å²) in [6.45, 7) is 4.65. The monoisotopic (exact) mass is 222 g/mol. The molecule has 0 amide bonds. The molecule has 0 aliphatic carbocycles. The largest absolute Gasteiger partial charge is 0.476 e. The summed E-state index contributed by atoms with van der Waals surface area (Å²) < 4.78 is 18.4. The highest BCUT2D eigenvalue weighted by Gasteiger charge is 2.08. The number of nitrogens with zero attached hydrogens (tertiary/aromatic N) is 1. The predicted octanol–water partition coefficient (Wildman–Crippen LogP) is 2.40. The average molecular weight is 222 g/mol. The molecule has 3 nitrogen and oxygen atoms in total. The van der Waals surface area contributed by atoms with Crippen molar-refractivity contribution < 1.29 is 9.13 Å². The molecule has 0 radical (unpaired) electrons. The van der Waals surface area contributed by atoms with Crippen molar-refractivity contribution in [2.75, 3.05) is 13.2 Å². The number of ether oxygens (including phenoxy) is 1. The van der Waals surface area contributed by atoms with Crippen LogP contribution in [0.25, 0.3) is 0 Å². The van der Waals surface area contributed by atoms with E-state index in [1.165, 1.54) is 6.07 Å². The molecular formula is C12H15FN2O. The molecule has 0 spiro atoms. The van der Waals surface area contributed by atoms with Crippen molar-refractivity contribution in [2.24, 2.45) is 0 Å². The van der Waals surface area contributed by atoms with Crippen LogP contribution < -0.4 is 10.1 Å². The van der Waals surface area contributed by atoms with Crippen LogP contribution in [-0.2, 0) is 0 Å². The molecule has 0 fully saturated rings. The highest BCUT2D eigenvalue weighted by molar-refractivity contribution is 5.31. The van der Waals surface area contributed by atoms with Gasteiger partial charge in [-0.3, -0.25) is 0 Å². The number of nitriles is 1. The van der Waals surface area contributed by atoms with Crippen molar-refractivity contribution in [3.05, 3.63) is 29.6 Å². The van der Waals surface area contributed by atoms with Gasteiger partial charge >= 0.3 is 0 Å². The summed E-state index contributed by atoms with van der Waals surface area (Å²) in [5, 5.41) is 11.5. The summed E-state index contributed by atoms with van der Waals surface area (Å²) in [7, 11) is 0. The van der Waals surface area contributed by atoms with Gasteiger partial charge in [0.05, 0.1) is 0 Å². The van der Waals surface area contributed by atoms with Gasteiger partial charge in [-0.1, -0.05) is 13.0 Å². The molecule has 1 rings (SSSR count). The smallest absolute Gasteiger partial charge is 0.174 e. The van der Waals surface area contributed by atoms with Crippen LogP contribution in [0.2, 0.25) is 0 Å². The van der Waals surface area contributed by atoms with E-state index < -0.39 is 5.82 Å². The van der Waals surface area contributed by atoms with Crippen LogP contribution in [-0.4, -0.2) is 13.2 Å². The number of halogens is 1. The summed E-state index contributed by atoms with van der Waals surface area (Å²) >= 11 is 0. The van der Waals surface area contributed by atoms with Gasteiger partial charge in [-0.2, -0.15) is 5.26 Å². The minimum absolute atomic E-state index is 0.101. The van der Waals surface area contributed by atoms with E-state index in [1.807, 2.05) is 13.8 Å². The molecule has 0 heterocycles. The highest BCUT2D eigenvalue weighted by atomic mass is 19.1. The minimum Gasteiger partial charge on any atom is -0.476 e. The third-order valence-corrected chi connectivity index (χ3v) is 2.26. The van der Waals surface area contributed by atoms with Crippen molar-refractivity contribution >= 4 is 0 Å². The lowest BCUT2D eigenvalue weighted by Gasteiger charge is -2.13. The molecule has 1 aromatic carbocycles. The Morgan fingerprint density at radius 1 is 1.56 bits per heavy atom. The number of rotatable bonds is 5. The molecule has 0 aromatic heterocycles. The number of hydrogen-bond donors (Lipinski definition) is 1. The van der Waals surface area contributed by atoms with Gasteiger partial charge in [0.1, 0.15) is 6.07 Å². The van der Waals surface area contributed by atoms with Crippen LogP contribution in [0, 0.1) is 17.1 Å². The molecule has 16 heavy (non-hydrogen) atoms. The molecule has 1 unspecified atom stereocenters. The molecule has 0 saturated heterocycles. The average Bonchev–Trinajstić information content (AvgIpc) is 2.27. The van der Waals surface area contributed by atoms with Crippen LogP contribution >= 0.6 is 0 Å². The summed E-state index contributed by atoms with van der Waals surface area (Å²) in [6, 6.07) is 6.68. The van der Waals surface area contributed by atoms with E-state index in [2.05, 4.69) is 5.32 Å². The second-order valence-corrected chi connectivity index (χ2v) is 3.42. The normalized spacial score (nSPS) is 11.9. The standard InChI is InChI=1S/C12H15FN2O/c1-3-15-9(2)10-4-5-12(11(13)8-10)16-7-6-14/h4-5,8-9,15H,3,7H2,1-2H3. The van der Waals surface area contributed by atoms with Crippen LogP contribution in [0.4, 0.5) is 4.39 Å². The van der Waals surface area contributed by atoms with E-state index in [9.17, 15) is 4.39 Å². The molecule has 1 aromatic rings. The van der Waals surface area contributed by atoms with E-state index in [4.69, 9.17) is 10.00 Å². The molecule has 0 aliphatic heterocycles. The van der Waals surface area contributed by atoms with E-state index in [1.54, 1.807) is 18.2 Å². The number of nitrogens with one attached hydrogen (secondary N) is 1. The van der Waals surface area contributed by atoms with Crippen molar-refractivity contribution in [3.63, 3.8) is 0 Å². The molecule has 0 saturated carbocycles. The molecular weight excluding hydrogens is 207 g/mol. The summed E-state index contributed by atoms with van der Waals surface area (Å²) in [4.78, 5) is 0. The van der Waals surface area contributed by atoms with Gasteiger partial charge in [-0.25, -0.2) is 4.39 Å². The zero-order chi connectivity index (χ0) is 12.0.